The van der Waals surface area contributed by atoms with Crippen molar-refractivity contribution in [2.75, 3.05) is 13.1 Å². The van der Waals surface area contributed by atoms with Crippen LogP contribution in [-0.2, 0) is 4.74 Å². The standard InChI is InChI=1S/C13H24N2O2/c1-12(2,3)17-11(16)15-8-4-6-13(9-15)7-5-10(13)14/h10H,4-9,14H2,1-3H3/t10-,13-/m0/s1. The highest BCUT2D eigenvalue weighted by Gasteiger charge is 2.48. The zero-order valence-corrected chi connectivity index (χ0v) is 11.2. The molecule has 17 heavy (non-hydrogen) atoms. The van der Waals surface area contributed by atoms with Crippen LogP contribution in [0.5, 0.6) is 0 Å². The van der Waals surface area contributed by atoms with E-state index in [2.05, 4.69) is 0 Å². The summed E-state index contributed by atoms with van der Waals surface area (Å²) in [5, 5.41) is 0. The maximum Gasteiger partial charge on any atom is 0.410 e. The number of hydrogen-bond donors (Lipinski definition) is 1. The molecule has 4 heteroatoms. The minimum absolute atomic E-state index is 0.185. The van der Waals surface area contributed by atoms with Gasteiger partial charge in [0.15, 0.2) is 0 Å². The Kier molecular flexibility index (Phi) is 3.10. The predicted octanol–water partition coefficient (Wildman–Crippen LogP) is 2.12. The highest BCUT2D eigenvalue weighted by Crippen LogP contribution is 2.46. The van der Waals surface area contributed by atoms with Gasteiger partial charge in [-0.1, -0.05) is 0 Å². The third-order valence-electron chi connectivity index (χ3n) is 4.00. The van der Waals surface area contributed by atoms with Crippen molar-refractivity contribution in [1.29, 1.82) is 0 Å². The fraction of sp³-hybridized carbons (Fsp3) is 0.923. The van der Waals surface area contributed by atoms with Crippen molar-refractivity contribution < 1.29 is 9.53 Å². The van der Waals surface area contributed by atoms with Crippen molar-refractivity contribution >= 4 is 6.09 Å². The van der Waals surface area contributed by atoms with Gasteiger partial charge in [0.1, 0.15) is 5.60 Å². The predicted molar refractivity (Wildman–Crippen MR) is 66.7 cm³/mol. The molecule has 2 aliphatic rings. The summed E-state index contributed by atoms with van der Waals surface area (Å²) in [7, 11) is 0. The summed E-state index contributed by atoms with van der Waals surface area (Å²) in [6.07, 6.45) is 4.28. The highest BCUT2D eigenvalue weighted by molar-refractivity contribution is 5.68. The number of nitrogens with two attached hydrogens (primary N) is 1. The van der Waals surface area contributed by atoms with Crippen LogP contribution in [0.2, 0.25) is 0 Å². The van der Waals surface area contributed by atoms with Crippen molar-refractivity contribution in [2.45, 2.75) is 58.1 Å². The van der Waals surface area contributed by atoms with Crippen LogP contribution in [0.25, 0.3) is 0 Å². The quantitative estimate of drug-likeness (QED) is 0.705. The Balaban J connectivity index is 1.96. The minimum Gasteiger partial charge on any atom is -0.444 e. The normalized spacial score (nSPS) is 33.4. The fourth-order valence-electron chi connectivity index (χ4n) is 2.87. The molecule has 2 fully saturated rings. The van der Waals surface area contributed by atoms with Crippen LogP contribution in [0.3, 0.4) is 0 Å². The summed E-state index contributed by atoms with van der Waals surface area (Å²) in [6.45, 7) is 7.30. The van der Waals surface area contributed by atoms with E-state index in [4.69, 9.17) is 10.5 Å². The molecule has 0 unspecified atom stereocenters. The Morgan fingerprint density at radius 2 is 2.12 bits per heavy atom. The van der Waals surface area contributed by atoms with Crippen LogP contribution in [0, 0.1) is 5.41 Å². The molecule has 1 heterocycles. The molecule has 98 valence electrons. The van der Waals surface area contributed by atoms with Gasteiger partial charge in [0.2, 0.25) is 0 Å². The lowest BCUT2D eigenvalue weighted by molar-refractivity contribution is -0.0254. The molecular formula is C13H24N2O2. The zero-order valence-electron chi connectivity index (χ0n) is 11.2. The van der Waals surface area contributed by atoms with Crippen LogP contribution < -0.4 is 5.73 Å². The number of likely N-dealkylation sites (tertiary alicyclic amines) is 1. The Morgan fingerprint density at radius 1 is 1.41 bits per heavy atom. The van der Waals surface area contributed by atoms with E-state index in [9.17, 15) is 4.79 Å². The Morgan fingerprint density at radius 3 is 2.59 bits per heavy atom. The first-order valence-electron chi connectivity index (χ1n) is 6.56. The molecule has 1 amide bonds. The number of rotatable bonds is 0. The minimum atomic E-state index is -0.413. The first-order valence-corrected chi connectivity index (χ1v) is 6.56. The van der Waals surface area contributed by atoms with Gasteiger partial charge in [-0.2, -0.15) is 0 Å². The molecule has 1 aliphatic heterocycles. The Hall–Kier alpha value is -0.770. The summed E-state index contributed by atoms with van der Waals surface area (Å²) in [5.74, 6) is 0. The van der Waals surface area contributed by atoms with E-state index in [1.165, 1.54) is 0 Å². The smallest absolute Gasteiger partial charge is 0.410 e. The van der Waals surface area contributed by atoms with Crippen molar-refractivity contribution in [3.05, 3.63) is 0 Å². The molecule has 1 spiro atoms. The van der Waals surface area contributed by atoms with Gasteiger partial charge in [-0.15, -0.1) is 0 Å². The van der Waals surface area contributed by atoms with E-state index in [-0.39, 0.29) is 17.6 Å². The van der Waals surface area contributed by atoms with Crippen LogP contribution in [0.4, 0.5) is 4.79 Å². The van der Waals surface area contributed by atoms with Crippen LogP contribution in [-0.4, -0.2) is 35.7 Å². The third-order valence-corrected chi connectivity index (χ3v) is 4.00. The van der Waals surface area contributed by atoms with Gasteiger partial charge in [0.05, 0.1) is 0 Å². The molecule has 1 aliphatic carbocycles. The molecule has 1 saturated carbocycles. The maximum atomic E-state index is 12.0. The lowest BCUT2D eigenvalue weighted by Crippen LogP contribution is -2.60. The van der Waals surface area contributed by atoms with E-state index in [1.807, 2.05) is 25.7 Å². The second kappa shape index (κ2) is 4.16. The number of hydrogen-bond acceptors (Lipinski definition) is 3. The van der Waals surface area contributed by atoms with E-state index >= 15 is 0 Å². The topological polar surface area (TPSA) is 55.6 Å². The van der Waals surface area contributed by atoms with Crippen molar-refractivity contribution in [3.8, 4) is 0 Å². The molecule has 4 nitrogen and oxygen atoms in total. The van der Waals surface area contributed by atoms with Crippen LogP contribution >= 0.6 is 0 Å². The number of piperidine rings is 1. The second-order valence-electron chi connectivity index (χ2n) is 6.51. The molecule has 2 atom stereocenters. The van der Waals surface area contributed by atoms with Crippen LogP contribution in [0.1, 0.15) is 46.5 Å². The van der Waals surface area contributed by atoms with Crippen molar-refractivity contribution in [2.24, 2.45) is 11.1 Å². The van der Waals surface area contributed by atoms with E-state index in [0.717, 1.165) is 38.8 Å². The largest absolute Gasteiger partial charge is 0.444 e. The molecular weight excluding hydrogens is 216 g/mol. The molecule has 0 aromatic heterocycles. The molecule has 0 aromatic rings. The first kappa shape index (κ1) is 12.7. The fourth-order valence-corrected chi connectivity index (χ4v) is 2.87. The average molecular weight is 240 g/mol. The second-order valence-corrected chi connectivity index (χ2v) is 6.51. The third kappa shape index (κ3) is 2.57. The van der Waals surface area contributed by atoms with Crippen molar-refractivity contribution in [1.82, 2.24) is 4.90 Å². The van der Waals surface area contributed by atoms with E-state index in [1.54, 1.807) is 0 Å². The molecule has 2 N–H and O–H groups in total. The van der Waals surface area contributed by atoms with Gasteiger partial charge in [-0.3, -0.25) is 0 Å². The molecule has 0 aromatic carbocycles. The van der Waals surface area contributed by atoms with Gasteiger partial charge in [0.25, 0.3) is 0 Å². The first-order chi connectivity index (χ1) is 7.82. The molecule has 1 saturated heterocycles. The number of nitrogens with zero attached hydrogens (tertiary/aromatic N) is 1. The zero-order chi connectivity index (χ0) is 12.7. The number of ether oxygens (including phenoxy) is 1. The lowest BCUT2D eigenvalue weighted by Gasteiger charge is -2.53. The van der Waals surface area contributed by atoms with E-state index in [0.29, 0.717) is 0 Å². The average Bonchev–Trinajstić information content (AvgIpc) is 2.25. The van der Waals surface area contributed by atoms with Gasteiger partial charge in [-0.25, -0.2) is 4.79 Å². The lowest BCUT2D eigenvalue weighted by atomic mass is 9.61. The maximum absolute atomic E-state index is 12.0. The van der Waals surface area contributed by atoms with E-state index < -0.39 is 5.60 Å². The van der Waals surface area contributed by atoms with Gasteiger partial charge in [-0.05, 0) is 46.5 Å². The van der Waals surface area contributed by atoms with Crippen LogP contribution in [0.15, 0.2) is 0 Å². The highest BCUT2D eigenvalue weighted by atomic mass is 16.6. The summed E-state index contributed by atoms with van der Waals surface area (Å²) >= 11 is 0. The van der Waals surface area contributed by atoms with Gasteiger partial charge < -0.3 is 15.4 Å². The summed E-state index contributed by atoms with van der Waals surface area (Å²) in [4.78, 5) is 13.9. The molecule has 0 bridgehead atoms. The Bertz CT molecular complexity index is 311. The molecule has 0 radical (unpaired) electrons. The number of amides is 1. The number of carbonyl (C=O) groups is 1. The summed E-state index contributed by atoms with van der Waals surface area (Å²) in [5.41, 5.74) is 5.88. The van der Waals surface area contributed by atoms with Gasteiger partial charge in [0, 0.05) is 24.5 Å². The summed E-state index contributed by atoms with van der Waals surface area (Å²) in [6, 6.07) is 0.271. The number of carbonyl (C=O) groups excluding carboxylic acids is 1. The van der Waals surface area contributed by atoms with Gasteiger partial charge >= 0.3 is 6.09 Å². The monoisotopic (exact) mass is 240 g/mol. The van der Waals surface area contributed by atoms with Crippen molar-refractivity contribution in [3.63, 3.8) is 0 Å². The SMILES string of the molecule is CC(C)(C)OC(=O)N1CCC[C@]2(CC[C@@H]2N)C1. The summed E-state index contributed by atoms with van der Waals surface area (Å²) < 4.78 is 5.42. The Labute approximate surface area is 103 Å². The molecule has 2 rings (SSSR count).